The Bertz CT molecular complexity index is 405. The quantitative estimate of drug-likeness (QED) is 0.898. The van der Waals surface area contributed by atoms with Crippen molar-refractivity contribution in [3.63, 3.8) is 0 Å². The van der Waals surface area contributed by atoms with Gasteiger partial charge in [0.25, 0.3) is 5.91 Å². The molecule has 1 aliphatic carbocycles. The second-order valence-corrected chi connectivity index (χ2v) is 3.82. The molecule has 17 heavy (non-hydrogen) atoms. The van der Waals surface area contributed by atoms with Crippen LogP contribution in [0.4, 0.5) is 0 Å². The third kappa shape index (κ3) is 3.27. The van der Waals surface area contributed by atoms with Crippen LogP contribution in [0.1, 0.15) is 23.2 Å². The molecular weight excluding hydrogens is 242 g/mol. The summed E-state index contributed by atoms with van der Waals surface area (Å²) in [5, 5.41) is 2.92. The maximum Gasteiger partial charge on any atom is 0.251 e. The fraction of sp³-hybridized carbons (Fsp3) is 0.417. The van der Waals surface area contributed by atoms with Crippen molar-refractivity contribution in [1.29, 1.82) is 0 Å². The molecule has 0 heterocycles. The molecule has 0 aromatic heterocycles. The third-order valence-corrected chi connectivity index (χ3v) is 2.56. The van der Waals surface area contributed by atoms with Crippen molar-refractivity contribution < 1.29 is 14.3 Å². The van der Waals surface area contributed by atoms with Gasteiger partial charge in [0.15, 0.2) is 11.5 Å². The Hall–Kier alpha value is -1.42. The van der Waals surface area contributed by atoms with Crippen molar-refractivity contribution in [2.75, 3.05) is 14.2 Å². The summed E-state index contributed by atoms with van der Waals surface area (Å²) in [5.41, 5.74) is 0.601. The lowest BCUT2D eigenvalue weighted by atomic mass is 10.2. The van der Waals surface area contributed by atoms with Gasteiger partial charge in [0.05, 0.1) is 14.2 Å². The number of ether oxygens (including phenoxy) is 2. The molecule has 94 valence electrons. The minimum absolute atomic E-state index is 0. The molecule has 1 saturated carbocycles. The van der Waals surface area contributed by atoms with E-state index in [9.17, 15) is 4.79 Å². The maximum atomic E-state index is 11.8. The van der Waals surface area contributed by atoms with Crippen molar-refractivity contribution in [2.45, 2.75) is 18.9 Å². The lowest BCUT2D eigenvalue weighted by molar-refractivity contribution is 0.0950. The van der Waals surface area contributed by atoms with Gasteiger partial charge in [-0.05, 0) is 31.0 Å². The van der Waals surface area contributed by atoms with Gasteiger partial charge in [0.1, 0.15) is 0 Å². The van der Waals surface area contributed by atoms with E-state index in [2.05, 4.69) is 5.32 Å². The first-order chi connectivity index (χ1) is 7.74. The molecule has 1 fully saturated rings. The predicted molar refractivity (Wildman–Crippen MR) is 67.3 cm³/mol. The topological polar surface area (TPSA) is 47.6 Å². The van der Waals surface area contributed by atoms with Gasteiger partial charge in [0.2, 0.25) is 0 Å². The highest BCUT2D eigenvalue weighted by molar-refractivity contribution is 5.95. The molecule has 0 unspecified atom stereocenters. The van der Waals surface area contributed by atoms with Crippen molar-refractivity contribution in [1.82, 2.24) is 5.32 Å². The van der Waals surface area contributed by atoms with Crippen LogP contribution in [0.15, 0.2) is 18.2 Å². The average molecular weight is 258 g/mol. The summed E-state index contributed by atoms with van der Waals surface area (Å²) >= 11 is 0. The van der Waals surface area contributed by atoms with E-state index in [-0.39, 0.29) is 18.3 Å². The number of rotatable bonds is 4. The molecule has 0 saturated heterocycles. The van der Waals surface area contributed by atoms with Crippen molar-refractivity contribution in [2.24, 2.45) is 0 Å². The molecule has 2 rings (SSSR count). The number of halogens is 1. The summed E-state index contributed by atoms with van der Waals surface area (Å²) in [7, 11) is 3.13. The van der Waals surface area contributed by atoms with Gasteiger partial charge in [-0.3, -0.25) is 4.79 Å². The van der Waals surface area contributed by atoms with E-state index in [4.69, 9.17) is 9.47 Å². The highest BCUT2D eigenvalue weighted by Crippen LogP contribution is 2.28. The molecule has 0 atom stereocenters. The van der Waals surface area contributed by atoms with Crippen LogP contribution in [-0.4, -0.2) is 26.2 Å². The molecule has 0 spiro atoms. The summed E-state index contributed by atoms with van der Waals surface area (Å²) < 4.78 is 10.3. The molecule has 5 heteroatoms. The van der Waals surface area contributed by atoms with Crippen molar-refractivity contribution in [3.05, 3.63) is 23.8 Å². The molecular formula is C12H16ClNO3. The zero-order valence-corrected chi connectivity index (χ0v) is 10.7. The van der Waals surface area contributed by atoms with Gasteiger partial charge in [-0.25, -0.2) is 0 Å². The Morgan fingerprint density at radius 3 is 2.41 bits per heavy atom. The second-order valence-electron chi connectivity index (χ2n) is 3.82. The Morgan fingerprint density at radius 1 is 1.24 bits per heavy atom. The van der Waals surface area contributed by atoms with Gasteiger partial charge in [-0.15, -0.1) is 12.4 Å². The molecule has 1 amide bonds. The van der Waals surface area contributed by atoms with E-state index in [0.29, 0.717) is 23.1 Å². The molecule has 1 aromatic rings. The average Bonchev–Trinajstić information content (AvgIpc) is 3.11. The fourth-order valence-corrected chi connectivity index (χ4v) is 1.47. The predicted octanol–water partition coefficient (Wildman–Crippen LogP) is 2.02. The van der Waals surface area contributed by atoms with Crippen molar-refractivity contribution >= 4 is 18.3 Å². The van der Waals surface area contributed by atoms with Crippen LogP contribution in [-0.2, 0) is 0 Å². The smallest absolute Gasteiger partial charge is 0.251 e. The number of nitrogens with one attached hydrogen (secondary N) is 1. The maximum absolute atomic E-state index is 11.8. The van der Waals surface area contributed by atoms with Crippen LogP contribution < -0.4 is 14.8 Å². The van der Waals surface area contributed by atoms with E-state index in [1.807, 2.05) is 0 Å². The summed E-state index contributed by atoms with van der Waals surface area (Å²) in [6.45, 7) is 0. The Morgan fingerprint density at radius 2 is 1.88 bits per heavy atom. The molecule has 1 aromatic carbocycles. The van der Waals surface area contributed by atoms with Crippen LogP contribution in [0.25, 0.3) is 0 Å². The van der Waals surface area contributed by atoms with Gasteiger partial charge in [-0.2, -0.15) is 0 Å². The number of methoxy groups -OCH3 is 2. The summed E-state index contributed by atoms with van der Waals surface area (Å²) in [4.78, 5) is 11.8. The van der Waals surface area contributed by atoms with Gasteiger partial charge < -0.3 is 14.8 Å². The van der Waals surface area contributed by atoms with E-state index >= 15 is 0 Å². The van der Waals surface area contributed by atoms with E-state index < -0.39 is 0 Å². The first kappa shape index (κ1) is 13.6. The molecule has 1 N–H and O–H groups in total. The molecule has 0 aliphatic heterocycles. The monoisotopic (exact) mass is 257 g/mol. The molecule has 0 radical (unpaired) electrons. The second kappa shape index (κ2) is 5.77. The summed E-state index contributed by atoms with van der Waals surface area (Å²) in [6.07, 6.45) is 2.16. The van der Waals surface area contributed by atoms with Crippen LogP contribution in [0, 0.1) is 0 Å². The first-order valence-electron chi connectivity index (χ1n) is 5.27. The van der Waals surface area contributed by atoms with Crippen molar-refractivity contribution in [3.8, 4) is 11.5 Å². The van der Waals surface area contributed by atoms with Crippen LogP contribution in [0.2, 0.25) is 0 Å². The number of carbonyl (C=O) groups excluding carboxylic acids is 1. The highest BCUT2D eigenvalue weighted by Gasteiger charge is 2.24. The van der Waals surface area contributed by atoms with Crippen LogP contribution in [0.5, 0.6) is 11.5 Å². The minimum atomic E-state index is -0.0524. The fourth-order valence-electron chi connectivity index (χ4n) is 1.47. The summed E-state index contributed by atoms with van der Waals surface area (Å²) in [6, 6.07) is 5.52. The van der Waals surface area contributed by atoms with E-state index in [0.717, 1.165) is 12.8 Å². The number of amides is 1. The Labute approximate surface area is 107 Å². The van der Waals surface area contributed by atoms with E-state index in [1.165, 1.54) is 0 Å². The van der Waals surface area contributed by atoms with Crippen LogP contribution >= 0.6 is 12.4 Å². The number of carbonyl (C=O) groups is 1. The zero-order valence-electron chi connectivity index (χ0n) is 9.86. The van der Waals surface area contributed by atoms with Crippen LogP contribution in [0.3, 0.4) is 0 Å². The number of benzene rings is 1. The zero-order chi connectivity index (χ0) is 11.5. The third-order valence-electron chi connectivity index (χ3n) is 2.56. The van der Waals surface area contributed by atoms with Gasteiger partial charge >= 0.3 is 0 Å². The molecule has 0 bridgehead atoms. The lowest BCUT2D eigenvalue weighted by Crippen LogP contribution is -2.25. The SMILES string of the molecule is COc1ccc(C(=O)NC2CC2)cc1OC.Cl. The Kier molecular flexibility index (Phi) is 4.63. The largest absolute Gasteiger partial charge is 0.493 e. The lowest BCUT2D eigenvalue weighted by Gasteiger charge is -2.09. The standard InChI is InChI=1S/C12H15NO3.ClH/c1-15-10-6-3-8(7-11(10)16-2)12(14)13-9-4-5-9;/h3,6-7,9H,4-5H2,1-2H3,(H,13,14);1H. The van der Waals surface area contributed by atoms with Gasteiger partial charge in [-0.1, -0.05) is 0 Å². The number of hydrogen-bond acceptors (Lipinski definition) is 3. The Balaban J connectivity index is 0.00000144. The van der Waals surface area contributed by atoms with E-state index in [1.54, 1.807) is 32.4 Å². The first-order valence-corrected chi connectivity index (χ1v) is 5.27. The highest BCUT2D eigenvalue weighted by atomic mass is 35.5. The van der Waals surface area contributed by atoms with Gasteiger partial charge in [0, 0.05) is 11.6 Å². The summed E-state index contributed by atoms with van der Waals surface area (Å²) in [5.74, 6) is 1.15. The molecule has 4 nitrogen and oxygen atoms in total. The molecule has 1 aliphatic rings. The normalized spacial score (nSPS) is 13.5. The minimum Gasteiger partial charge on any atom is -0.493 e. The number of hydrogen-bond donors (Lipinski definition) is 1.